The van der Waals surface area contributed by atoms with E-state index >= 15 is 0 Å². The molecule has 0 aliphatic heterocycles. The van der Waals surface area contributed by atoms with Crippen LogP contribution in [0.1, 0.15) is 93.4 Å². The Labute approximate surface area is 541 Å². The van der Waals surface area contributed by atoms with Crippen molar-refractivity contribution >= 4 is 114 Å². The van der Waals surface area contributed by atoms with Crippen molar-refractivity contribution in [3.63, 3.8) is 0 Å². The van der Waals surface area contributed by atoms with Gasteiger partial charge >= 0.3 is 24.4 Å². The van der Waals surface area contributed by atoms with Gasteiger partial charge in [-0.1, -0.05) is 46.9 Å². The molecule has 0 unspecified atom stereocenters. The SMILES string of the molecule is CC(C)(C)OC(=O)N(c1ccc2c(cnn2C(=O)OC(C)(C)C)c1)c1nnc(-c2cccc(N)c2)s1.CC(C)(C)OC(=O)N(c1ccc2c(cnn2C(=O)OC(C)(C)C)c1)c1nnc(-c2cccc(NC(=O)c3cnn(CCO)c3)c2)s1.O=COc1cnn(CCO)c1. The Bertz CT molecular complexity index is 4290. The van der Waals surface area contributed by atoms with E-state index in [-0.39, 0.29) is 30.8 Å². The molecule has 488 valence electrons. The molecule has 6 aromatic heterocycles. The predicted molar refractivity (Wildman–Crippen MR) is 348 cm³/mol. The van der Waals surface area contributed by atoms with Gasteiger partial charge in [-0.3, -0.25) is 19.0 Å². The molecule has 31 heteroatoms. The van der Waals surface area contributed by atoms with Gasteiger partial charge in [-0.2, -0.15) is 29.8 Å². The molecule has 0 fully saturated rings. The first-order valence-electron chi connectivity index (χ1n) is 28.7. The van der Waals surface area contributed by atoms with Gasteiger partial charge in [-0.15, -0.1) is 20.4 Å². The highest BCUT2D eigenvalue weighted by Gasteiger charge is 2.32. The number of hydrogen-bond acceptors (Lipinski definition) is 24. The summed E-state index contributed by atoms with van der Waals surface area (Å²) >= 11 is 2.38. The Morgan fingerprint density at radius 2 is 1.02 bits per heavy atom. The van der Waals surface area contributed by atoms with Crippen LogP contribution in [0.5, 0.6) is 5.75 Å². The molecular weight excluding hydrogens is 1240 g/mol. The second kappa shape index (κ2) is 28.8. The Hall–Kier alpha value is -10.5. The average molecular weight is 1310 g/mol. The number of carbonyl (C=O) groups is 6. The summed E-state index contributed by atoms with van der Waals surface area (Å²) in [5.74, 6) is 0.0224. The van der Waals surface area contributed by atoms with Gasteiger partial charge in [0.2, 0.25) is 10.3 Å². The number of nitrogens with zero attached hydrogens (tertiary/aromatic N) is 14. The number of ether oxygens (including phenoxy) is 5. The summed E-state index contributed by atoms with van der Waals surface area (Å²) in [6, 6.07) is 24.5. The number of carbonyl (C=O) groups excluding carboxylic acids is 6. The van der Waals surface area contributed by atoms with Crippen LogP contribution in [-0.4, -0.2) is 142 Å². The second-order valence-corrected chi connectivity index (χ2v) is 26.1. The van der Waals surface area contributed by atoms with Crippen molar-refractivity contribution < 1.29 is 62.7 Å². The lowest BCUT2D eigenvalue weighted by Gasteiger charge is -2.25. The summed E-state index contributed by atoms with van der Waals surface area (Å²) in [6.07, 6.45) is 6.47. The molecule has 0 spiro atoms. The van der Waals surface area contributed by atoms with Crippen molar-refractivity contribution in [3.05, 3.63) is 128 Å². The third kappa shape index (κ3) is 18.6. The number of amides is 3. The highest BCUT2D eigenvalue weighted by Crippen LogP contribution is 2.38. The molecule has 0 atom stereocenters. The molecule has 3 amide bonds. The van der Waals surface area contributed by atoms with Crippen LogP contribution in [0.3, 0.4) is 0 Å². The zero-order valence-electron chi connectivity index (χ0n) is 53.0. The first-order valence-corrected chi connectivity index (χ1v) is 30.3. The Balaban J connectivity index is 0.000000209. The van der Waals surface area contributed by atoms with E-state index in [1.54, 1.807) is 156 Å². The number of rotatable bonds is 14. The molecule has 0 aliphatic carbocycles. The van der Waals surface area contributed by atoms with E-state index in [1.807, 2.05) is 18.2 Å². The molecule has 10 rings (SSSR count). The normalized spacial score (nSPS) is 11.6. The third-order valence-electron chi connectivity index (χ3n) is 12.0. The van der Waals surface area contributed by atoms with Gasteiger partial charge in [-0.25, -0.2) is 29.0 Å². The van der Waals surface area contributed by atoms with Gasteiger partial charge in [0.15, 0.2) is 5.75 Å². The molecule has 93 heavy (non-hydrogen) atoms. The predicted octanol–water partition coefficient (Wildman–Crippen LogP) is 11.3. The second-order valence-electron chi connectivity index (χ2n) is 24.2. The molecule has 0 saturated carbocycles. The maximum Gasteiger partial charge on any atom is 0.435 e. The molecule has 5 N–H and O–H groups in total. The summed E-state index contributed by atoms with van der Waals surface area (Å²) in [6.45, 7) is 22.3. The first-order chi connectivity index (χ1) is 43.9. The van der Waals surface area contributed by atoms with Gasteiger partial charge in [-0.05, 0) is 144 Å². The largest absolute Gasteiger partial charge is 0.443 e. The van der Waals surface area contributed by atoms with Crippen LogP contribution < -0.4 is 25.6 Å². The van der Waals surface area contributed by atoms with Crippen molar-refractivity contribution in [2.75, 3.05) is 34.1 Å². The molecule has 10 aromatic rings. The monoisotopic (exact) mass is 1310 g/mol. The highest BCUT2D eigenvalue weighted by atomic mass is 32.1. The quantitative estimate of drug-likeness (QED) is 0.0446. The summed E-state index contributed by atoms with van der Waals surface area (Å²) in [5.41, 5.74) is 7.88. The number of fused-ring (bicyclic) bond motifs is 2. The summed E-state index contributed by atoms with van der Waals surface area (Å²) in [4.78, 5) is 77.4. The van der Waals surface area contributed by atoms with Crippen LogP contribution in [0.15, 0.2) is 122 Å². The fraction of sp³-hybridized carbons (Fsp3) is 0.323. The minimum Gasteiger partial charge on any atom is -0.443 e. The standard InChI is InChI=1S/C31H34N8O6S.C25H28N6O4S.C6H8N2O3/c1-30(2,3)44-28(42)38(23-10-11-24-20(15-23)16-33-39(24)29(43)45-31(4,5)6)27-36-35-26(46-27)19-8-7-9-22(14-19)34-25(41)21-17-32-37(18-21)12-13-40;1-24(2,3)34-22(32)30(21-29-28-20(36-21)15-8-7-9-17(26)12-15)18-10-11-19-16(13-18)14-27-31(19)23(33)35-25(4,5)6;9-2-1-8-4-6(3-7-8)11-5-10/h7-11,14-18,40H,12-13H2,1-6H3,(H,34,41);7-14H,26H2,1-6H3;3-5,9H,1-2H2. The molecule has 29 nitrogen and oxygen atoms in total. The van der Waals surface area contributed by atoms with Crippen molar-refractivity contribution in [2.24, 2.45) is 0 Å². The number of benzene rings is 4. The lowest BCUT2D eigenvalue weighted by Crippen LogP contribution is -2.33. The number of hydrogen-bond donors (Lipinski definition) is 4. The van der Waals surface area contributed by atoms with Crippen LogP contribution in [0, 0.1) is 0 Å². The number of aliphatic hydroxyl groups is 2. The molecule has 0 saturated heterocycles. The van der Waals surface area contributed by atoms with Crippen LogP contribution in [0.2, 0.25) is 0 Å². The van der Waals surface area contributed by atoms with E-state index in [0.29, 0.717) is 89.6 Å². The first kappa shape index (κ1) is 68.4. The Kier molecular flexibility index (Phi) is 21.2. The number of anilines is 6. The Morgan fingerprint density at radius 3 is 1.48 bits per heavy atom. The molecule has 0 aliphatic rings. The van der Waals surface area contributed by atoms with E-state index in [0.717, 1.165) is 21.6 Å². The fourth-order valence-corrected chi connectivity index (χ4v) is 9.97. The van der Waals surface area contributed by atoms with Crippen LogP contribution in [0.25, 0.3) is 42.9 Å². The van der Waals surface area contributed by atoms with Crippen molar-refractivity contribution in [2.45, 2.75) is 119 Å². The third-order valence-corrected chi connectivity index (χ3v) is 13.9. The molecule has 0 bridgehead atoms. The van der Waals surface area contributed by atoms with Gasteiger partial charge in [0.05, 0.1) is 85.3 Å². The molecule has 4 aromatic carbocycles. The van der Waals surface area contributed by atoms with E-state index < -0.39 is 46.8 Å². The number of nitrogens with two attached hydrogens (primary N) is 1. The number of nitrogen functional groups attached to an aromatic ring is 1. The van der Waals surface area contributed by atoms with Gasteiger partial charge < -0.3 is 44.9 Å². The highest BCUT2D eigenvalue weighted by molar-refractivity contribution is 7.19. The Morgan fingerprint density at radius 1 is 0.559 bits per heavy atom. The summed E-state index contributed by atoms with van der Waals surface area (Å²) < 4.78 is 32.1. The summed E-state index contributed by atoms with van der Waals surface area (Å²) in [7, 11) is 0. The van der Waals surface area contributed by atoms with Gasteiger partial charge in [0.25, 0.3) is 12.4 Å². The smallest absolute Gasteiger partial charge is 0.435 e. The van der Waals surface area contributed by atoms with Crippen LogP contribution in [0.4, 0.5) is 52.2 Å². The van der Waals surface area contributed by atoms with Gasteiger partial charge in [0.1, 0.15) is 32.4 Å². The maximum absolute atomic E-state index is 13.5. The summed E-state index contributed by atoms with van der Waals surface area (Å²) in [5, 5.41) is 56.7. The number of nitrogens with one attached hydrogen (secondary N) is 1. The lowest BCUT2D eigenvalue weighted by molar-refractivity contribution is -0.120. The average Bonchev–Trinajstić information content (AvgIpc) is 1.70. The van der Waals surface area contributed by atoms with E-state index in [9.17, 15) is 28.8 Å². The van der Waals surface area contributed by atoms with E-state index in [2.05, 4.69) is 50.8 Å². The zero-order valence-corrected chi connectivity index (χ0v) is 54.6. The van der Waals surface area contributed by atoms with Crippen LogP contribution in [-0.2, 0) is 36.8 Å². The molecular formula is C62H70N16O13S2. The fourth-order valence-electron chi connectivity index (χ4n) is 8.26. The maximum atomic E-state index is 13.5. The van der Waals surface area contributed by atoms with Gasteiger partial charge in [0, 0.05) is 39.5 Å². The number of aliphatic hydroxyl groups excluding tert-OH is 2. The van der Waals surface area contributed by atoms with E-state index in [4.69, 9.17) is 34.9 Å². The van der Waals surface area contributed by atoms with Crippen molar-refractivity contribution in [1.82, 2.24) is 59.5 Å². The van der Waals surface area contributed by atoms with E-state index in [1.165, 1.54) is 66.2 Å². The van der Waals surface area contributed by atoms with Crippen LogP contribution >= 0.6 is 22.7 Å². The topological polar surface area (TPSA) is 356 Å². The minimum atomic E-state index is -0.796. The molecule has 0 radical (unpaired) electrons. The lowest BCUT2D eigenvalue weighted by atomic mass is 10.2. The zero-order chi connectivity index (χ0) is 67.6. The van der Waals surface area contributed by atoms with Crippen molar-refractivity contribution in [3.8, 4) is 26.9 Å². The molecule has 6 heterocycles. The number of aromatic nitrogens is 12. The minimum absolute atomic E-state index is 0.0161. The van der Waals surface area contributed by atoms with Crippen molar-refractivity contribution in [1.29, 1.82) is 0 Å².